The highest BCUT2D eigenvalue weighted by Crippen LogP contribution is 2.30. The summed E-state index contributed by atoms with van der Waals surface area (Å²) in [6.07, 6.45) is 1.10. The van der Waals surface area contributed by atoms with Crippen LogP contribution in [0.5, 0.6) is 0 Å². The van der Waals surface area contributed by atoms with Crippen molar-refractivity contribution < 1.29 is 14.4 Å². The molecule has 2 fully saturated rings. The lowest BCUT2D eigenvalue weighted by Crippen LogP contribution is -2.55. The average Bonchev–Trinajstić information content (AvgIpc) is 2.80. The summed E-state index contributed by atoms with van der Waals surface area (Å²) in [7, 11) is 0. The number of likely N-dealkylation sites (tertiary alicyclic amines) is 1. The zero-order chi connectivity index (χ0) is 20.5. The van der Waals surface area contributed by atoms with Crippen molar-refractivity contribution in [3.05, 3.63) is 28.2 Å². The Balaban J connectivity index is 1.61. The van der Waals surface area contributed by atoms with E-state index in [0.29, 0.717) is 34.5 Å². The van der Waals surface area contributed by atoms with Gasteiger partial charge in [-0.2, -0.15) is 0 Å². The molecule has 2 saturated heterocycles. The third-order valence-corrected chi connectivity index (χ3v) is 5.46. The average molecular weight is 427 g/mol. The van der Waals surface area contributed by atoms with Gasteiger partial charge in [-0.1, -0.05) is 37.0 Å². The Labute approximate surface area is 174 Å². The number of rotatable bonds is 5. The van der Waals surface area contributed by atoms with Gasteiger partial charge in [-0.15, -0.1) is 0 Å². The Hall–Kier alpha value is -1.83. The number of urea groups is 1. The highest BCUT2D eigenvalue weighted by molar-refractivity contribution is 6.35. The van der Waals surface area contributed by atoms with E-state index in [2.05, 4.69) is 29.4 Å². The summed E-state index contributed by atoms with van der Waals surface area (Å²) in [6.45, 7) is 6.40. The van der Waals surface area contributed by atoms with Crippen LogP contribution in [0, 0.1) is 5.92 Å². The first-order chi connectivity index (χ1) is 13.2. The summed E-state index contributed by atoms with van der Waals surface area (Å²) >= 11 is 11.8. The summed E-state index contributed by atoms with van der Waals surface area (Å²) < 4.78 is 0. The minimum Gasteiger partial charge on any atom is -0.324 e. The molecular formula is C19H24Cl2N4O3. The van der Waals surface area contributed by atoms with Crippen LogP contribution in [-0.4, -0.2) is 59.4 Å². The second kappa shape index (κ2) is 8.27. The molecule has 0 radical (unpaired) electrons. The van der Waals surface area contributed by atoms with Crippen LogP contribution >= 0.6 is 23.2 Å². The van der Waals surface area contributed by atoms with Crippen LogP contribution in [-0.2, 0) is 9.59 Å². The quantitative estimate of drug-likeness (QED) is 0.708. The zero-order valence-corrected chi connectivity index (χ0v) is 17.4. The maximum Gasteiger partial charge on any atom is 0.325 e. The van der Waals surface area contributed by atoms with Gasteiger partial charge in [-0.3, -0.25) is 14.5 Å². The number of nitrogens with one attached hydrogen (secondary N) is 2. The van der Waals surface area contributed by atoms with Crippen LogP contribution in [0.15, 0.2) is 18.2 Å². The van der Waals surface area contributed by atoms with E-state index in [0.717, 1.165) is 24.5 Å². The van der Waals surface area contributed by atoms with E-state index >= 15 is 0 Å². The van der Waals surface area contributed by atoms with Crippen molar-refractivity contribution in [1.82, 2.24) is 15.1 Å². The minimum atomic E-state index is -0.899. The maximum atomic E-state index is 12.9. The predicted molar refractivity (Wildman–Crippen MR) is 109 cm³/mol. The largest absolute Gasteiger partial charge is 0.325 e. The molecule has 2 aliphatic rings. The topological polar surface area (TPSA) is 81.8 Å². The number of piperidine rings is 1. The third kappa shape index (κ3) is 4.59. The van der Waals surface area contributed by atoms with Gasteiger partial charge in [0.15, 0.2) is 0 Å². The number of carbonyl (C=O) groups is 3. The molecule has 1 spiro atoms. The van der Waals surface area contributed by atoms with E-state index < -0.39 is 17.5 Å². The second-order valence-electron chi connectivity index (χ2n) is 7.80. The van der Waals surface area contributed by atoms with Gasteiger partial charge in [-0.05, 0) is 37.0 Å². The first-order valence-electron chi connectivity index (χ1n) is 9.31. The lowest BCUT2D eigenvalue weighted by molar-refractivity contribution is -0.135. The molecule has 0 saturated carbocycles. The molecule has 3 rings (SSSR count). The number of anilines is 1. The molecule has 7 nitrogen and oxygen atoms in total. The van der Waals surface area contributed by atoms with E-state index in [4.69, 9.17) is 23.2 Å². The van der Waals surface area contributed by atoms with Crippen LogP contribution in [0.1, 0.15) is 26.7 Å². The monoisotopic (exact) mass is 426 g/mol. The number of carbonyl (C=O) groups excluding carboxylic acids is 3. The van der Waals surface area contributed by atoms with Crippen molar-refractivity contribution in [3.63, 3.8) is 0 Å². The highest BCUT2D eigenvalue weighted by Gasteiger charge is 2.52. The lowest BCUT2D eigenvalue weighted by Gasteiger charge is -2.37. The Bertz CT molecular complexity index is 771. The Kier molecular flexibility index (Phi) is 6.17. The molecule has 4 amide bonds. The molecule has 0 aromatic heterocycles. The van der Waals surface area contributed by atoms with Gasteiger partial charge in [0.2, 0.25) is 5.91 Å². The maximum absolute atomic E-state index is 12.9. The normalized spacial score (nSPS) is 19.4. The molecule has 152 valence electrons. The van der Waals surface area contributed by atoms with Crippen LogP contribution in [0.3, 0.4) is 0 Å². The molecule has 1 aromatic rings. The summed E-state index contributed by atoms with van der Waals surface area (Å²) in [6, 6.07) is 4.11. The molecule has 2 aliphatic heterocycles. The summed E-state index contributed by atoms with van der Waals surface area (Å²) in [5.41, 5.74) is -0.490. The summed E-state index contributed by atoms with van der Waals surface area (Å²) in [4.78, 5) is 40.9. The highest BCUT2D eigenvalue weighted by atomic mass is 35.5. The standard InChI is InChI=1S/C19H24Cl2N4O3/c1-12(2)10-24-5-3-19(4-6-24)17(27)25(18(28)23-19)11-16(26)22-15-8-13(20)7-14(21)9-15/h7-9,12H,3-6,10-11H2,1-2H3,(H,22,26)(H,23,28). The number of amides is 4. The van der Waals surface area contributed by atoms with Crippen LogP contribution in [0.4, 0.5) is 10.5 Å². The fraction of sp³-hybridized carbons (Fsp3) is 0.526. The van der Waals surface area contributed by atoms with Crippen molar-refractivity contribution in [2.75, 3.05) is 31.5 Å². The SMILES string of the molecule is CC(C)CN1CCC2(CC1)NC(=O)N(CC(=O)Nc1cc(Cl)cc(Cl)c1)C2=O. The van der Waals surface area contributed by atoms with Crippen molar-refractivity contribution in [2.45, 2.75) is 32.2 Å². The van der Waals surface area contributed by atoms with Crippen molar-refractivity contribution in [1.29, 1.82) is 0 Å². The molecule has 0 unspecified atom stereocenters. The lowest BCUT2D eigenvalue weighted by atomic mass is 9.87. The first-order valence-corrected chi connectivity index (χ1v) is 10.1. The third-order valence-electron chi connectivity index (χ3n) is 5.03. The fourth-order valence-electron chi connectivity index (χ4n) is 3.76. The van der Waals surface area contributed by atoms with Crippen molar-refractivity contribution in [3.8, 4) is 0 Å². The molecule has 0 aliphatic carbocycles. The van der Waals surface area contributed by atoms with Crippen LogP contribution < -0.4 is 10.6 Å². The number of hydrogen-bond acceptors (Lipinski definition) is 4. The van der Waals surface area contributed by atoms with Crippen molar-refractivity contribution >= 4 is 46.7 Å². The van der Waals surface area contributed by atoms with Gasteiger partial charge in [-0.25, -0.2) is 4.79 Å². The first kappa shape index (κ1) is 20.9. The molecule has 1 aromatic carbocycles. The number of halogens is 2. The summed E-state index contributed by atoms with van der Waals surface area (Å²) in [5.74, 6) is -0.278. The van der Waals surface area contributed by atoms with E-state index in [1.54, 1.807) is 18.2 Å². The van der Waals surface area contributed by atoms with Crippen LogP contribution in [0.25, 0.3) is 0 Å². The Morgan fingerprint density at radius 2 is 1.79 bits per heavy atom. The Morgan fingerprint density at radius 1 is 1.18 bits per heavy atom. The molecule has 0 atom stereocenters. The molecule has 2 heterocycles. The molecule has 2 N–H and O–H groups in total. The van der Waals surface area contributed by atoms with E-state index in [-0.39, 0.29) is 12.5 Å². The summed E-state index contributed by atoms with van der Waals surface area (Å²) in [5, 5.41) is 6.20. The van der Waals surface area contributed by atoms with Gasteiger partial charge in [0.05, 0.1) is 0 Å². The number of nitrogens with zero attached hydrogens (tertiary/aromatic N) is 2. The van der Waals surface area contributed by atoms with Gasteiger partial charge >= 0.3 is 6.03 Å². The second-order valence-corrected chi connectivity index (χ2v) is 8.68. The smallest absolute Gasteiger partial charge is 0.324 e. The van der Waals surface area contributed by atoms with E-state index in [1.165, 1.54) is 0 Å². The van der Waals surface area contributed by atoms with E-state index in [9.17, 15) is 14.4 Å². The molecular weight excluding hydrogens is 403 g/mol. The van der Waals surface area contributed by atoms with Gasteiger partial charge in [0.1, 0.15) is 12.1 Å². The fourth-order valence-corrected chi connectivity index (χ4v) is 4.29. The van der Waals surface area contributed by atoms with Gasteiger partial charge in [0.25, 0.3) is 5.91 Å². The van der Waals surface area contributed by atoms with Crippen LogP contribution in [0.2, 0.25) is 10.0 Å². The number of imide groups is 1. The molecule has 9 heteroatoms. The minimum absolute atomic E-state index is 0.332. The van der Waals surface area contributed by atoms with Gasteiger partial charge < -0.3 is 15.5 Å². The van der Waals surface area contributed by atoms with Crippen molar-refractivity contribution in [2.24, 2.45) is 5.92 Å². The van der Waals surface area contributed by atoms with Gasteiger partial charge in [0, 0.05) is 35.4 Å². The number of benzene rings is 1. The molecule has 28 heavy (non-hydrogen) atoms. The molecule has 0 bridgehead atoms. The Morgan fingerprint density at radius 3 is 2.36 bits per heavy atom. The predicted octanol–water partition coefficient (Wildman–Crippen LogP) is 2.97. The zero-order valence-electron chi connectivity index (χ0n) is 15.9. The number of hydrogen-bond donors (Lipinski definition) is 2. The van der Waals surface area contributed by atoms with E-state index in [1.807, 2.05) is 0 Å².